The van der Waals surface area contributed by atoms with Crippen molar-refractivity contribution in [3.8, 4) is 5.88 Å². The molecule has 0 saturated carbocycles. The normalized spacial score (nSPS) is 13.7. The maximum Gasteiger partial charge on any atom is 0.212 e. The summed E-state index contributed by atoms with van der Waals surface area (Å²) in [6, 6.07) is 10.5. The van der Waals surface area contributed by atoms with E-state index in [-0.39, 0.29) is 0 Å². The van der Waals surface area contributed by atoms with Gasteiger partial charge in [0.2, 0.25) is 5.88 Å². The predicted octanol–water partition coefficient (Wildman–Crippen LogP) is 3.58. The highest BCUT2D eigenvalue weighted by Gasteiger charge is 2.12. The Morgan fingerprint density at radius 3 is 2.85 bits per heavy atom. The number of hydrogen-bond donors (Lipinski definition) is 1. The van der Waals surface area contributed by atoms with Crippen molar-refractivity contribution in [2.75, 3.05) is 12.4 Å². The van der Waals surface area contributed by atoms with Gasteiger partial charge in [-0.05, 0) is 48.4 Å². The van der Waals surface area contributed by atoms with Crippen LogP contribution in [0.2, 0.25) is 0 Å². The average Bonchev–Trinajstić information content (AvgIpc) is 2.53. The van der Waals surface area contributed by atoms with E-state index in [1.54, 1.807) is 7.11 Å². The lowest BCUT2D eigenvalue weighted by Crippen LogP contribution is -2.08. The van der Waals surface area contributed by atoms with E-state index in [1.165, 1.54) is 48.1 Å². The van der Waals surface area contributed by atoms with Crippen molar-refractivity contribution in [3.05, 3.63) is 53.2 Å². The third kappa shape index (κ3) is 2.77. The van der Waals surface area contributed by atoms with Gasteiger partial charge in [-0.3, -0.25) is 0 Å². The van der Waals surface area contributed by atoms with Crippen molar-refractivity contribution in [2.45, 2.75) is 32.2 Å². The quantitative estimate of drug-likeness (QED) is 0.920. The first-order valence-corrected chi connectivity index (χ1v) is 7.20. The minimum absolute atomic E-state index is 0.658. The molecule has 20 heavy (non-hydrogen) atoms. The van der Waals surface area contributed by atoms with Gasteiger partial charge in [0.15, 0.2) is 0 Å². The molecule has 0 bridgehead atoms. The Morgan fingerprint density at radius 1 is 1.15 bits per heavy atom. The van der Waals surface area contributed by atoms with Crippen LogP contribution in [0.5, 0.6) is 5.88 Å². The van der Waals surface area contributed by atoms with E-state index in [0.29, 0.717) is 5.88 Å². The summed E-state index contributed by atoms with van der Waals surface area (Å²) in [5.41, 5.74) is 5.45. The molecule has 104 valence electrons. The molecule has 1 aliphatic carbocycles. The number of rotatable bonds is 4. The molecular weight excluding hydrogens is 248 g/mol. The Kier molecular flexibility index (Phi) is 3.86. The molecule has 3 nitrogen and oxygen atoms in total. The topological polar surface area (TPSA) is 34.1 Å². The van der Waals surface area contributed by atoms with Crippen LogP contribution in [0.3, 0.4) is 0 Å². The second-order valence-electron chi connectivity index (χ2n) is 5.21. The fraction of sp³-hybridized carbons (Fsp3) is 0.353. The van der Waals surface area contributed by atoms with Crippen LogP contribution in [0, 0.1) is 0 Å². The highest BCUT2D eigenvalue weighted by molar-refractivity contribution is 5.55. The molecule has 0 saturated heterocycles. The summed E-state index contributed by atoms with van der Waals surface area (Å²) < 4.78 is 5.07. The largest absolute Gasteiger partial charge is 0.481 e. The molecule has 1 N–H and O–H groups in total. The summed E-state index contributed by atoms with van der Waals surface area (Å²) in [5, 5.41) is 3.55. The fourth-order valence-electron chi connectivity index (χ4n) is 2.78. The zero-order valence-corrected chi connectivity index (χ0v) is 11.9. The molecule has 0 spiro atoms. The van der Waals surface area contributed by atoms with Crippen LogP contribution < -0.4 is 10.1 Å². The van der Waals surface area contributed by atoms with E-state index in [2.05, 4.69) is 28.5 Å². The molecule has 1 aromatic carbocycles. The monoisotopic (exact) mass is 268 g/mol. The van der Waals surface area contributed by atoms with Crippen molar-refractivity contribution in [1.29, 1.82) is 0 Å². The average molecular weight is 268 g/mol. The van der Waals surface area contributed by atoms with Crippen LogP contribution >= 0.6 is 0 Å². The summed E-state index contributed by atoms with van der Waals surface area (Å²) in [7, 11) is 1.64. The third-order valence-electron chi connectivity index (χ3n) is 3.89. The molecule has 0 aliphatic heterocycles. The third-order valence-corrected chi connectivity index (χ3v) is 3.89. The molecule has 1 aliphatic rings. The highest BCUT2D eigenvalue weighted by Crippen LogP contribution is 2.28. The minimum Gasteiger partial charge on any atom is -0.481 e. The molecule has 3 heteroatoms. The summed E-state index contributed by atoms with van der Waals surface area (Å²) in [6.07, 6.45) is 6.89. The van der Waals surface area contributed by atoms with Crippen LogP contribution in [0.1, 0.15) is 29.5 Å². The molecule has 0 fully saturated rings. The van der Waals surface area contributed by atoms with E-state index < -0.39 is 0 Å². The van der Waals surface area contributed by atoms with Gasteiger partial charge in [-0.25, -0.2) is 4.98 Å². The lowest BCUT2D eigenvalue weighted by Gasteiger charge is -2.20. The predicted molar refractivity (Wildman–Crippen MR) is 81.2 cm³/mol. The summed E-state index contributed by atoms with van der Waals surface area (Å²) >= 11 is 0. The smallest absolute Gasteiger partial charge is 0.212 e. The van der Waals surface area contributed by atoms with Crippen LogP contribution in [0.25, 0.3) is 0 Å². The van der Waals surface area contributed by atoms with E-state index in [9.17, 15) is 0 Å². The standard InChI is InChI=1S/C17H20N2O/c1-20-17-10-9-13(12-19-17)11-18-16-8-4-6-14-5-2-3-7-15(14)16/h4,6,8-10,12,18H,2-3,5,7,11H2,1H3. The Balaban J connectivity index is 1.71. The van der Waals surface area contributed by atoms with Gasteiger partial charge >= 0.3 is 0 Å². The van der Waals surface area contributed by atoms with Crippen molar-refractivity contribution in [3.63, 3.8) is 0 Å². The van der Waals surface area contributed by atoms with Crippen molar-refractivity contribution < 1.29 is 4.74 Å². The summed E-state index contributed by atoms with van der Waals surface area (Å²) in [4.78, 5) is 4.23. The van der Waals surface area contributed by atoms with E-state index in [4.69, 9.17) is 4.74 Å². The Labute approximate surface area is 120 Å². The van der Waals surface area contributed by atoms with E-state index >= 15 is 0 Å². The Hall–Kier alpha value is -2.03. The SMILES string of the molecule is COc1ccc(CNc2cccc3c2CCCC3)cn1. The van der Waals surface area contributed by atoms with Gasteiger partial charge in [-0.15, -0.1) is 0 Å². The first-order chi connectivity index (χ1) is 9.86. The van der Waals surface area contributed by atoms with Crippen LogP contribution in [-0.2, 0) is 19.4 Å². The van der Waals surface area contributed by atoms with Crippen LogP contribution in [0.4, 0.5) is 5.69 Å². The molecule has 1 aromatic heterocycles. The zero-order chi connectivity index (χ0) is 13.8. The number of benzene rings is 1. The lowest BCUT2D eigenvalue weighted by molar-refractivity contribution is 0.397. The molecule has 0 amide bonds. The number of methoxy groups -OCH3 is 1. The Bertz CT molecular complexity index is 578. The fourth-order valence-corrected chi connectivity index (χ4v) is 2.78. The van der Waals surface area contributed by atoms with Crippen molar-refractivity contribution >= 4 is 5.69 Å². The van der Waals surface area contributed by atoms with E-state index in [1.807, 2.05) is 18.3 Å². The van der Waals surface area contributed by atoms with E-state index in [0.717, 1.165) is 6.54 Å². The summed E-state index contributed by atoms with van der Waals surface area (Å²) in [5.74, 6) is 0.658. The molecule has 0 atom stereocenters. The molecular formula is C17H20N2O. The van der Waals surface area contributed by atoms with Gasteiger partial charge in [-0.2, -0.15) is 0 Å². The van der Waals surface area contributed by atoms with Crippen molar-refractivity contribution in [2.24, 2.45) is 0 Å². The highest BCUT2D eigenvalue weighted by atomic mass is 16.5. The maximum absolute atomic E-state index is 5.07. The van der Waals surface area contributed by atoms with Crippen LogP contribution in [0.15, 0.2) is 36.5 Å². The van der Waals surface area contributed by atoms with Crippen molar-refractivity contribution in [1.82, 2.24) is 4.98 Å². The van der Waals surface area contributed by atoms with Gasteiger partial charge in [0.1, 0.15) is 0 Å². The molecule has 1 heterocycles. The number of anilines is 1. The van der Waals surface area contributed by atoms with Gasteiger partial charge in [0, 0.05) is 24.5 Å². The second-order valence-corrected chi connectivity index (χ2v) is 5.21. The molecule has 0 radical (unpaired) electrons. The summed E-state index contributed by atoms with van der Waals surface area (Å²) in [6.45, 7) is 0.799. The zero-order valence-electron chi connectivity index (χ0n) is 11.9. The number of aryl methyl sites for hydroxylation is 1. The number of hydrogen-bond acceptors (Lipinski definition) is 3. The number of ether oxygens (including phenoxy) is 1. The molecule has 3 rings (SSSR count). The first-order valence-electron chi connectivity index (χ1n) is 7.20. The Morgan fingerprint density at radius 2 is 2.05 bits per heavy atom. The van der Waals surface area contributed by atoms with Gasteiger partial charge in [0.25, 0.3) is 0 Å². The van der Waals surface area contributed by atoms with Gasteiger partial charge in [-0.1, -0.05) is 18.2 Å². The number of nitrogens with one attached hydrogen (secondary N) is 1. The number of nitrogens with zero attached hydrogens (tertiary/aromatic N) is 1. The van der Waals surface area contributed by atoms with Gasteiger partial charge in [0.05, 0.1) is 7.11 Å². The molecule has 2 aromatic rings. The number of pyridine rings is 1. The maximum atomic E-state index is 5.07. The lowest BCUT2D eigenvalue weighted by atomic mass is 9.90. The van der Waals surface area contributed by atoms with Crippen LogP contribution in [-0.4, -0.2) is 12.1 Å². The minimum atomic E-state index is 0.658. The number of fused-ring (bicyclic) bond motifs is 1. The molecule has 0 unspecified atom stereocenters. The number of aromatic nitrogens is 1. The second kappa shape index (κ2) is 5.95. The van der Waals surface area contributed by atoms with Gasteiger partial charge < -0.3 is 10.1 Å². The first kappa shape index (κ1) is 13.0.